The van der Waals surface area contributed by atoms with Gasteiger partial charge in [-0.2, -0.15) is 0 Å². The number of aliphatic carboxylic acids is 1. The topological polar surface area (TPSA) is 55.8 Å². The molecule has 0 saturated carbocycles. The van der Waals surface area contributed by atoms with Crippen LogP contribution in [-0.2, 0) is 13.6 Å². The molecule has 0 fully saturated rings. The van der Waals surface area contributed by atoms with Gasteiger partial charge >= 0.3 is 5.97 Å². The number of carbonyl (C=O) groups is 1. The van der Waals surface area contributed by atoms with Gasteiger partial charge in [-0.3, -0.25) is 0 Å². The van der Waals surface area contributed by atoms with E-state index in [1.807, 2.05) is 19.9 Å². The van der Waals surface area contributed by atoms with Crippen molar-refractivity contribution in [3.63, 3.8) is 0 Å². The average Bonchev–Trinajstić information content (AvgIpc) is 2.67. The Hall–Kier alpha value is -1.22. The number of carboxylic acid groups (broad SMARTS) is 1. The second-order valence-electron chi connectivity index (χ2n) is 13.3. The van der Waals surface area contributed by atoms with E-state index in [-0.39, 0.29) is 22.3 Å². The second-order valence-corrected chi connectivity index (χ2v) is 22.8. The van der Waals surface area contributed by atoms with Gasteiger partial charge in [-0.15, -0.1) is 0 Å². The Morgan fingerprint density at radius 2 is 1.22 bits per heavy atom. The van der Waals surface area contributed by atoms with Crippen molar-refractivity contribution in [3.8, 4) is 0 Å². The zero-order valence-corrected chi connectivity index (χ0v) is 27.8. The lowest BCUT2D eigenvalue weighted by Gasteiger charge is -2.42. The molecule has 0 aliphatic rings. The van der Waals surface area contributed by atoms with Gasteiger partial charge in [0.05, 0.1) is 6.10 Å². The van der Waals surface area contributed by atoms with E-state index in [4.69, 9.17) is 14.0 Å². The van der Waals surface area contributed by atoms with Crippen LogP contribution in [0.4, 0.5) is 0 Å². The van der Waals surface area contributed by atoms with Gasteiger partial charge in [-0.05, 0) is 76.3 Å². The van der Waals surface area contributed by atoms with Crippen LogP contribution in [0.3, 0.4) is 0 Å². The Kier molecular flexibility index (Phi) is 13.6. The van der Waals surface area contributed by atoms with Crippen molar-refractivity contribution in [2.45, 2.75) is 137 Å². The molecule has 0 spiro atoms. The maximum atomic E-state index is 10.7. The molecule has 0 bridgehead atoms. The first-order valence-corrected chi connectivity index (χ1v) is 19.2. The van der Waals surface area contributed by atoms with Crippen LogP contribution in [0.1, 0.15) is 88.5 Å². The van der Waals surface area contributed by atoms with E-state index in [1.54, 1.807) is 6.08 Å². The lowest BCUT2D eigenvalue weighted by atomic mass is 10.0. The van der Waals surface area contributed by atoms with E-state index < -0.39 is 22.6 Å². The van der Waals surface area contributed by atoms with Crippen molar-refractivity contribution in [1.29, 1.82) is 0 Å². The summed E-state index contributed by atoms with van der Waals surface area (Å²) in [7, 11) is -3.81. The van der Waals surface area contributed by atoms with E-state index >= 15 is 0 Å². The van der Waals surface area contributed by atoms with Crippen molar-refractivity contribution >= 4 is 22.6 Å². The van der Waals surface area contributed by atoms with Crippen molar-refractivity contribution in [2.24, 2.45) is 0 Å². The first-order valence-electron chi connectivity index (χ1n) is 13.4. The maximum absolute atomic E-state index is 10.7. The summed E-state index contributed by atoms with van der Waals surface area (Å²) in [4.78, 5) is 10.7. The third-order valence-electron chi connectivity index (χ3n) is 7.62. The number of allylic oxidation sites excluding steroid dienone is 6. The normalized spacial score (nSPS) is 17.0. The molecule has 0 saturated heterocycles. The fourth-order valence-electron chi connectivity index (χ4n) is 3.36. The first kappa shape index (κ1) is 34.8. The van der Waals surface area contributed by atoms with E-state index in [2.05, 4.69) is 93.7 Å². The summed E-state index contributed by atoms with van der Waals surface area (Å²) >= 11 is 0. The van der Waals surface area contributed by atoms with Crippen LogP contribution < -0.4 is 0 Å². The van der Waals surface area contributed by atoms with Gasteiger partial charge in [0.1, 0.15) is 0 Å². The van der Waals surface area contributed by atoms with E-state index in [0.29, 0.717) is 0 Å². The highest BCUT2D eigenvalue weighted by Crippen LogP contribution is 2.40. The molecule has 0 aromatic rings. The van der Waals surface area contributed by atoms with Crippen LogP contribution in [-0.4, -0.2) is 39.9 Å². The zero-order valence-electron chi connectivity index (χ0n) is 25.8. The molecule has 0 rings (SSSR count). The van der Waals surface area contributed by atoms with Crippen LogP contribution in [0.5, 0.6) is 0 Å². The molecule has 4 nitrogen and oxygen atoms in total. The molecule has 6 heteroatoms. The molecule has 0 aromatic heterocycles. The smallest absolute Gasteiger partial charge is 0.328 e. The lowest BCUT2D eigenvalue weighted by molar-refractivity contribution is -0.131. The largest absolute Gasteiger partial charge is 0.478 e. The fourth-order valence-corrected chi connectivity index (χ4v) is 6.19. The molecule has 0 radical (unpaired) electrons. The molecule has 1 N–H and O–H groups in total. The van der Waals surface area contributed by atoms with Crippen LogP contribution in [0.25, 0.3) is 0 Å². The Bertz CT molecular complexity index is 834. The van der Waals surface area contributed by atoms with E-state index in [9.17, 15) is 4.79 Å². The molecule has 0 unspecified atom stereocenters. The predicted octanol–water partition coefficient (Wildman–Crippen LogP) is 9.44. The number of carboxylic acids is 1. The quantitative estimate of drug-likeness (QED) is 0.145. The molecule has 0 amide bonds. The van der Waals surface area contributed by atoms with Crippen LogP contribution in [0, 0.1) is 0 Å². The zero-order chi connectivity index (χ0) is 28.5. The molecule has 0 aliphatic heterocycles. The molecular formula is C30H56O4Si2. The summed E-state index contributed by atoms with van der Waals surface area (Å²) in [6.07, 6.45) is 12.2. The third kappa shape index (κ3) is 12.8. The molecule has 36 heavy (non-hydrogen) atoms. The Balaban J connectivity index is 5.83. The molecule has 0 aromatic carbocycles. The predicted molar refractivity (Wildman–Crippen MR) is 162 cm³/mol. The minimum atomic E-state index is -1.94. The van der Waals surface area contributed by atoms with Crippen molar-refractivity contribution in [2.75, 3.05) is 0 Å². The third-order valence-corrected chi connectivity index (χ3v) is 16.7. The van der Waals surface area contributed by atoms with Crippen molar-refractivity contribution in [1.82, 2.24) is 0 Å². The fraction of sp³-hybridized carbons (Fsp3) is 0.700. The molecule has 0 heterocycles. The van der Waals surface area contributed by atoms with Gasteiger partial charge in [0, 0.05) is 12.2 Å². The van der Waals surface area contributed by atoms with Gasteiger partial charge in [-0.1, -0.05) is 89.5 Å². The van der Waals surface area contributed by atoms with Gasteiger partial charge in [-0.25, -0.2) is 4.79 Å². The van der Waals surface area contributed by atoms with Gasteiger partial charge in [0.15, 0.2) is 16.6 Å². The molecule has 0 aliphatic carbocycles. The van der Waals surface area contributed by atoms with Gasteiger partial charge in [0.2, 0.25) is 0 Å². The van der Waals surface area contributed by atoms with Crippen molar-refractivity contribution < 1.29 is 18.8 Å². The number of hydrogen-bond donors (Lipinski definition) is 1. The summed E-state index contributed by atoms with van der Waals surface area (Å²) in [5, 5.41) is 9.15. The minimum Gasteiger partial charge on any atom is -0.478 e. The summed E-state index contributed by atoms with van der Waals surface area (Å²) in [5.74, 6) is -0.934. The van der Waals surface area contributed by atoms with Crippen LogP contribution in [0.2, 0.25) is 36.3 Å². The molecular weight excluding hydrogens is 480 g/mol. The monoisotopic (exact) mass is 536 g/mol. The summed E-state index contributed by atoms with van der Waals surface area (Å²) in [6, 6.07) is 0. The van der Waals surface area contributed by atoms with Gasteiger partial charge in [0.25, 0.3) is 0 Å². The van der Waals surface area contributed by atoms with Crippen molar-refractivity contribution in [3.05, 3.63) is 47.1 Å². The number of rotatable bonds is 13. The highest BCUT2D eigenvalue weighted by atomic mass is 28.4. The van der Waals surface area contributed by atoms with Crippen LogP contribution >= 0.6 is 0 Å². The second kappa shape index (κ2) is 14.1. The summed E-state index contributed by atoms with van der Waals surface area (Å²) in [6.45, 7) is 31.4. The standard InChI is InChI=1S/C30H56O4Si2/c1-15-26(33-35(11,12)29(5,6)7)22-27(34-36(13,14)30(8,9)10)18-16-23(2)20-25(4)21-24(3)17-19-28(31)32/h16-17,19-21,26-27H,15,18,22H2,1-14H3,(H,31,32)/b19-17+,23-16+,24-21+,25-20+/t26-,27+/m0/s1. The Morgan fingerprint density at radius 3 is 1.64 bits per heavy atom. The van der Waals surface area contributed by atoms with Gasteiger partial charge < -0.3 is 14.0 Å². The molecule has 208 valence electrons. The summed E-state index contributed by atoms with van der Waals surface area (Å²) < 4.78 is 13.8. The lowest BCUT2D eigenvalue weighted by Crippen LogP contribution is -2.47. The van der Waals surface area contributed by atoms with E-state index in [0.717, 1.165) is 30.4 Å². The summed E-state index contributed by atoms with van der Waals surface area (Å²) in [5.41, 5.74) is 3.18. The highest BCUT2D eigenvalue weighted by Gasteiger charge is 2.41. The van der Waals surface area contributed by atoms with Crippen LogP contribution in [0.15, 0.2) is 47.1 Å². The average molecular weight is 537 g/mol. The minimum absolute atomic E-state index is 0.111. The maximum Gasteiger partial charge on any atom is 0.328 e. The Morgan fingerprint density at radius 1 is 0.778 bits per heavy atom. The highest BCUT2D eigenvalue weighted by molar-refractivity contribution is 6.74. The molecule has 2 atom stereocenters. The van der Waals surface area contributed by atoms with E-state index in [1.165, 1.54) is 11.6 Å². The SMILES string of the molecule is CC[C@@H](C[C@@H](C/C=C(C)/C=C(C)/C=C(C)/C=C/C(=O)O)O[Si](C)(C)C(C)(C)C)O[Si](C)(C)C(C)(C)C. The first-order chi connectivity index (χ1) is 16.1. The number of hydrogen-bond acceptors (Lipinski definition) is 3. The Labute approximate surface area is 225 Å².